The van der Waals surface area contributed by atoms with E-state index in [1.54, 1.807) is 11.8 Å². The number of aliphatic imine (C=N–C) groups is 1. The van der Waals surface area contributed by atoms with E-state index in [-0.39, 0.29) is 5.82 Å². The zero-order chi connectivity index (χ0) is 14.3. The highest BCUT2D eigenvalue weighted by Crippen LogP contribution is 2.18. The van der Waals surface area contributed by atoms with Crippen molar-refractivity contribution in [3.8, 4) is 0 Å². The van der Waals surface area contributed by atoms with Gasteiger partial charge in [0.25, 0.3) is 0 Å². The van der Waals surface area contributed by atoms with E-state index in [1.807, 2.05) is 50.1 Å². The second-order valence-electron chi connectivity index (χ2n) is 4.63. The third kappa shape index (κ3) is 5.96. The number of thioether (sulfide) groups is 1. The van der Waals surface area contributed by atoms with Gasteiger partial charge in [0.05, 0.1) is 0 Å². The van der Waals surface area contributed by atoms with Gasteiger partial charge in [0.2, 0.25) is 0 Å². The fourth-order valence-corrected chi connectivity index (χ4v) is 2.48. The van der Waals surface area contributed by atoms with E-state index in [9.17, 15) is 4.39 Å². The summed E-state index contributed by atoms with van der Waals surface area (Å²) in [7, 11) is 7.97. The van der Waals surface area contributed by atoms with Crippen LogP contribution >= 0.6 is 11.8 Å². The molecule has 0 saturated carbocycles. The molecule has 0 aliphatic carbocycles. The van der Waals surface area contributed by atoms with Crippen LogP contribution in [0.4, 0.5) is 4.39 Å². The molecule has 0 aliphatic rings. The molecule has 5 heteroatoms. The van der Waals surface area contributed by atoms with Crippen LogP contribution < -0.4 is 0 Å². The Morgan fingerprint density at radius 1 is 1.11 bits per heavy atom. The molecule has 106 valence electrons. The Hall–Kier alpha value is -1.23. The van der Waals surface area contributed by atoms with Gasteiger partial charge in [0.1, 0.15) is 5.82 Å². The van der Waals surface area contributed by atoms with Gasteiger partial charge in [0, 0.05) is 39.6 Å². The maximum atomic E-state index is 12.7. The van der Waals surface area contributed by atoms with Crippen LogP contribution in [0.5, 0.6) is 0 Å². The lowest BCUT2D eigenvalue weighted by Crippen LogP contribution is -2.35. The molecule has 0 radical (unpaired) electrons. The first-order valence-corrected chi connectivity index (χ1v) is 7.26. The van der Waals surface area contributed by atoms with E-state index in [0.717, 1.165) is 29.6 Å². The van der Waals surface area contributed by atoms with Gasteiger partial charge in [-0.3, -0.25) is 4.99 Å². The third-order valence-electron chi connectivity index (χ3n) is 2.44. The van der Waals surface area contributed by atoms with Gasteiger partial charge >= 0.3 is 0 Å². The number of halogens is 1. The zero-order valence-electron chi connectivity index (χ0n) is 12.1. The molecule has 0 atom stereocenters. The molecule has 0 bridgehead atoms. The summed E-state index contributed by atoms with van der Waals surface area (Å²) < 4.78 is 12.7. The van der Waals surface area contributed by atoms with Gasteiger partial charge in [-0.2, -0.15) is 0 Å². The normalized spacial score (nSPS) is 10.2. The first-order chi connectivity index (χ1) is 9.00. The summed E-state index contributed by atoms with van der Waals surface area (Å²) in [5.74, 6) is 1.78. The van der Waals surface area contributed by atoms with Crippen LogP contribution in [-0.2, 0) is 0 Å². The molecule has 1 rings (SSSR count). The van der Waals surface area contributed by atoms with Crippen LogP contribution in [-0.4, -0.2) is 56.2 Å². The third-order valence-corrected chi connectivity index (χ3v) is 3.54. The van der Waals surface area contributed by atoms with E-state index in [0.29, 0.717) is 0 Å². The molecular formula is C14H22FN3S. The molecule has 0 fully saturated rings. The summed E-state index contributed by atoms with van der Waals surface area (Å²) in [6.07, 6.45) is 1.01. The Balaban J connectivity index is 2.30. The number of hydrogen-bond donors (Lipinski definition) is 0. The second-order valence-corrected chi connectivity index (χ2v) is 5.79. The molecule has 0 amide bonds. The summed E-state index contributed by atoms with van der Waals surface area (Å²) in [5, 5.41) is 0. The average Bonchev–Trinajstić information content (AvgIpc) is 2.34. The van der Waals surface area contributed by atoms with E-state index >= 15 is 0 Å². The van der Waals surface area contributed by atoms with Crippen LogP contribution in [0, 0.1) is 5.82 Å². The smallest absolute Gasteiger partial charge is 0.195 e. The highest BCUT2D eigenvalue weighted by molar-refractivity contribution is 7.99. The minimum Gasteiger partial charge on any atom is -0.349 e. The van der Waals surface area contributed by atoms with Crippen LogP contribution in [0.3, 0.4) is 0 Å². The Kier molecular flexibility index (Phi) is 6.70. The highest BCUT2D eigenvalue weighted by atomic mass is 32.2. The summed E-state index contributed by atoms with van der Waals surface area (Å²) in [6.45, 7) is 0.805. The molecular weight excluding hydrogens is 261 g/mol. The first kappa shape index (κ1) is 15.8. The van der Waals surface area contributed by atoms with E-state index in [2.05, 4.69) is 4.99 Å². The molecule has 0 spiro atoms. The van der Waals surface area contributed by atoms with Crippen molar-refractivity contribution >= 4 is 17.7 Å². The first-order valence-electron chi connectivity index (χ1n) is 6.28. The lowest BCUT2D eigenvalue weighted by molar-refractivity contribution is 0.479. The molecule has 1 aromatic carbocycles. The monoisotopic (exact) mass is 283 g/mol. The van der Waals surface area contributed by atoms with Crippen LogP contribution in [0.2, 0.25) is 0 Å². The van der Waals surface area contributed by atoms with Gasteiger partial charge in [-0.1, -0.05) is 0 Å². The van der Waals surface area contributed by atoms with Gasteiger partial charge in [-0.05, 0) is 36.4 Å². The summed E-state index contributed by atoms with van der Waals surface area (Å²) in [5.41, 5.74) is 0. The van der Waals surface area contributed by atoms with E-state index in [1.165, 1.54) is 12.1 Å². The largest absolute Gasteiger partial charge is 0.349 e. The van der Waals surface area contributed by atoms with Crippen LogP contribution in [0.1, 0.15) is 6.42 Å². The topological polar surface area (TPSA) is 18.8 Å². The molecule has 0 N–H and O–H groups in total. The van der Waals surface area contributed by atoms with Crippen molar-refractivity contribution in [2.24, 2.45) is 4.99 Å². The van der Waals surface area contributed by atoms with Gasteiger partial charge in [-0.25, -0.2) is 4.39 Å². The predicted molar refractivity (Wildman–Crippen MR) is 81.4 cm³/mol. The number of rotatable bonds is 5. The second kappa shape index (κ2) is 8.04. The van der Waals surface area contributed by atoms with Crippen LogP contribution in [0.25, 0.3) is 0 Å². The summed E-state index contributed by atoms with van der Waals surface area (Å²) in [4.78, 5) is 9.68. The van der Waals surface area contributed by atoms with Crippen molar-refractivity contribution in [3.63, 3.8) is 0 Å². The average molecular weight is 283 g/mol. The summed E-state index contributed by atoms with van der Waals surface area (Å²) in [6, 6.07) is 6.62. The molecule has 0 aliphatic heterocycles. The summed E-state index contributed by atoms with van der Waals surface area (Å²) >= 11 is 1.73. The minimum absolute atomic E-state index is 0.185. The fraction of sp³-hybridized carbons (Fsp3) is 0.500. The predicted octanol–water partition coefficient (Wildman–Crippen LogP) is 2.79. The van der Waals surface area contributed by atoms with Crippen molar-refractivity contribution in [1.82, 2.24) is 9.80 Å². The maximum absolute atomic E-state index is 12.7. The maximum Gasteiger partial charge on any atom is 0.195 e. The highest BCUT2D eigenvalue weighted by Gasteiger charge is 2.03. The standard InChI is InChI=1S/C14H22FN3S/c1-17(2)14(18(3)4)16-10-5-11-19-13-8-6-12(15)7-9-13/h6-9H,5,10-11H2,1-4H3. The van der Waals surface area contributed by atoms with E-state index in [4.69, 9.17) is 0 Å². The molecule has 3 nitrogen and oxygen atoms in total. The Morgan fingerprint density at radius 2 is 1.68 bits per heavy atom. The minimum atomic E-state index is -0.185. The van der Waals surface area contributed by atoms with Gasteiger partial charge in [-0.15, -0.1) is 11.8 Å². The Morgan fingerprint density at radius 3 is 2.21 bits per heavy atom. The van der Waals surface area contributed by atoms with Crippen molar-refractivity contribution in [3.05, 3.63) is 30.1 Å². The Bertz CT molecular complexity index is 392. The number of nitrogens with zero attached hydrogens (tertiary/aromatic N) is 3. The SMILES string of the molecule is CN(C)C(=NCCCSc1ccc(F)cc1)N(C)C. The van der Waals surface area contributed by atoms with E-state index < -0.39 is 0 Å². The number of benzene rings is 1. The zero-order valence-corrected chi connectivity index (χ0v) is 12.9. The number of hydrogen-bond acceptors (Lipinski definition) is 2. The van der Waals surface area contributed by atoms with Gasteiger partial charge < -0.3 is 9.80 Å². The molecule has 19 heavy (non-hydrogen) atoms. The number of guanidine groups is 1. The molecule has 0 aromatic heterocycles. The van der Waals surface area contributed by atoms with Gasteiger partial charge in [0.15, 0.2) is 5.96 Å². The lowest BCUT2D eigenvalue weighted by atomic mass is 10.4. The molecule has 0 heterocycles. The lowest BCUT2D eigenvalue weighted by Gasteiger charge is -2.22. The van der Waals surface area contributed by atoms with Crippen molar-refractivity contribution < 1.29 is 4.39 Å². The fourth-order valence-electron chi connectivity index (χ4n) is 1.65. The molecule has 0 saturated heterocycles. The van der Waals surface area contributed by atoms with Crippen molar-refractivity contribution in [2.45, 2.75) is 11.3 Å². The van der Waals surface area contributed by atoms with Crippen LogP contribution in [0.15, 0.2) is 34.2 Å². The molecule has 1 aromatic rings. The Labute approximate surface area is 119 Å². The quantitative estimate of drug-likeness (QED) is 0.358. The van der Waals surface area contributed by atoms with Crippen molar-refractivity contribution in [2.75, 3.05) is 40.5 Å². The van der Waals surface area contributed by atoms with Crippen molar-refractivity contribution in [1.29, 1.82) is 0 Å². The molecule has 0 unspecified atom stereocenters.